The molecule has 0 unspecified atom stereocenters. The molecule has 118 valence electrons. The number of hydrogen-bond donors (Lipinski definition) is 3. The van der Waals surface area contributed by atoms with Crippen molar-refractivity contribution in [1.29, 1.82) is 0 Å². The second kappa shape index (κ2) is 6.95. The molecule has 1 amide bonds. The minimum Gasteiger partial charge on any atom is -0.480 e. The van der Waals surface area contributed by atoms with Gasteiger partial charge in [0.1, 0.15) is 11.9 Å². The fourth-order valence-corrected chi connectivity index (χ4v) is 2.50. The van der Waals surface area contributed by atoms with Crippen molar-refractivity contribution in [2.45, 2.75) is 44.5 Å². The summed E-state index contributed by atoms with van der Waals surface area (Å²) in [4.78, 5) is 22.9. The number of carboxylic acid groups (broad SMARTS) is 1. The largest absolute Gasteiger partial charge is 0.480 e. The Balaban J connectivity index is 2.59. The molecule has 0 bridgehead atoms. The molecular weight excluding hydrogens is 292 g/mol. The van der Waals surface area contributed by atoms with Crippen LogP contribution in [0.1, 0.15) is 33.7 Å². The van der Waals surface area contributed by atoms with Gasteiger partial charge in [0.05, 0.1) is 11.9 Å². The number of carboxylic acids is 1. The molecule has 1 aromatic heterocycles. The number of nitrogens with zero attached hydrogens (tertiary/aromatic N) is 2. The molecule has 0 aromatic carbocycles. The zero-order valence-electron chi connectivity index (χ0n) is 12.7. The lowest BCUT2D eigenvalue weighted by molar-refractivity contribution is -0.139. The average Bonchev–Trinajstić information content (AvgIpc) is 2.83. The molecule has 4 N–H and O–H groups in total. The van der Waals surface area contributed by atoms with Crippen LogP contribution in [0.3, 0.4) is 0 Å². The molecule has 0 aliphatic carbocycles. The van der Waals surface area contributed by atoms with Crippen molar-refractivity contribution in [2.24, 2.45) is 5.73 Å². The summed E-state index contributed by atoms with van der Waals surface area (Å²) in [5.74, 6) is -0.549. The van der Waals surface area contributed by atoms with E-state index in [0.717, 1.165) is 0 Å². The normalized spacial score (nSPS) is 13.2. The zero-order chi connectivity index (χ0) is 16.2. The van der Waals surface area contributed by atoms with Gasteiger partial charge < -0.3 is 16.2 Å². The third-order valence-electron chi connectivity index (χ3n) is 3.02. The summed E-state index contributed by atoms with van der Waals surface area (Å²) in [5.41, 5.74) is 5.61. The minimum atomic E-state index is -1.08. The Bertz CT molecular complexity index is 513. The van der Waals surface area contributed by atoms with Gasteiger partial charge in [-0.1, -0.05) is 0 Å². The number of nitrogens with two attached hydrogens (primary N) is 1. The number of anilines is 1. The van der Waals surface area contributed by atoms with E-state index in [-0.39, 0.29) is 17.7 Å². The van der Waals surface area contributed by atoms with Gasteiger partial charge in [0, 0.05) is 16.9 Å². The third-order valence-corrected chi connectivity index (χ3v) is 4.42. The first-order valence-electron chi connectivity index (χ1n) is 6.61. The summed E-state index contributed by atoms with van der Waals surface area (Å²) in [6.07, 6.45) is 1.62. The van der Waals surface area contributed by atoms with Gasteiger partial charge in [-0.15, -0.1) is 11.8 Å². The van der Waals surface area contributed by atoms with Gasteiger partial charge in [-0.2, -0.15) is 5.10 Å². The summed E-state index contributed by atoms with van der Waals surface area (Å²) >= 11 is 1.21. The second-order valence-corrected chi connectivity index (χ2v) is 7.14. The number of amides is 1. The summed E-state index contributed by atoms with van der Waals surface area (Å²) in [7, 11) is 0. The molecule has 0 saturated heterocycles. The van der Waals surface area contributed by atoms with E-state index < -0.39 is 16.8 Å². The van der Waals surface area contributed by atoms with E-state index in [9.17, 15) is 9.59 Å². The minimum absolute atomic E-state index is 0.122. The first kappa shape index (κ1) is 17.5. The number of hydrogen-bond acceptors (Lipinski definition) is 5. The Hall–Kier alpha value is -1.54. The van der Waals surface area contributed by atoms with E-state index >= 15 is 0 Å². The van der Waals surface area contributed by atoms with Crippen LogP contribution < -0.4 is 11.1 Å². The molecule has 1 aromatic rings. The predicted octanol–water partition coefficient (Wildman–Crippen LogP) is 1.33. The molecule has 1 rings (SSSR count). The fourth-order valence-electron chi connectivity index (χ4n) is 1.64. The summed E-state index contributed by atoms with van der Waals surface area (Å²) in [6.45, 7) is 7.35. The van der Waals surface area contributed by atoms with Gasteiger partial charge in [-0.3, -0.25) is 9.59 Å². The number of aliphatic carboxylic acids is 1. The average molecular weight is 314 g/mol. The highest BCUT2D eigenvalue weighted by Crippen LogP contribution is 2.27. The standard InChI is InChI=1S/C13H22N4O3S/c1-8(2)17-9(5-6-15-17)16-10(18)7-21-13(3,4)11(14)12(19)20/h5-6,8,11H,7,14H2,1-4H3,(H,16,18)(H,19,20)/t11-/m0/s1. The lowest BCUT2D eigenvalue weighted by atomic mass is 10.1. The number of nitrogens with one attached hydrogen (secondary N) is 1. The van der Waals surface area contributed by atoms with Crippen molar-refractivity contribution in [2.75, 3.05) is 11.1 Å². The number of carbonyl (C=O) groups is 2. The molecule has 0 spiro atoms. The Morgan fingerprint density at radius 3 is 2.67 bits per heavy atom. The highest BCUT2D eigenvalue weighted by Gasteiger charge is 2.33. The van der Waals surface area contributed by atoms with Crippen LogP contribution in [0.5, 0.6) is 0 Å². The van der Waals surface area contributed by atoms with Crippen LogP contribution in [0.15, 0.2) is 12.3 Å². The lowest BCUT2D eigenvalue weighted by Crippen LogP contribution is -2.47. The van der Waals surface area contributed by atoms with Gasteiger partial charge in [0.25, 0.3) is 0 Å². The Labute approximate surface area is 128 Å². The molecule has 0 aliphatic heterocycles. The maximum Gasteiger partial charge on any atom is 0.321 e. The summed E-state index contributed by atoms with van der Waals surface area (Å²) < 4.78 is 0.970. The van der Waals surface area contributed by atoms with Crippen molar-refractivity contribution in [3.05, 3.63) is 12.3 Å². The van der Waals surface area contributed by atoms with Crippen LogP contribution in [-0.2, 0) is 9.59 Å². The molecule has 7 nitrogen and oxygen atoms in total. The van der Waals surface area contributed by atoms with Crippen LogP contribution in [-0.4, -0.2) is 43.3 Å². The van der Waals surface area contributed by atoms with Crippen LogP contribution in [0.4, 0.5) is 5.82 Å². The van der Waals surface area contributed by atoms with Gasteiger partial charge >= 0.3 is 5.97 Å². The van der Waals surface area contributed by atoms with Gasteiger partial charge in [0.15, 0.2) is 0 Å². The van der Waals surface area contributed by atoms with Crippen LogP contribution >= 0.6 is 11.8 Å². The number of carbonyl (C=O) groups excluding carboxylic acids is 1. The second-order valence-electron chi connectivity index (χ2n) is 5.51. The van der Waals surface area contributed by atoms with Gasteiger partial charge in [-0.25, -0.2) is 4.68 Å². The Kier molecular flexibility index (Phi) is 5.79. The smallest absolute Gasteiger partial charge is 0.321 e. The summed E-state index contributed by atoms with van der Waals surface area (Å²) in [6, 6.07) is 0.827. The summed E-state index contributed by atoms with van der Waals surface area (Å²) in [5, 5.41) is 15.8. The van der Waals surface area contributed by atoms with Crippen LogP contribution in [0.2, 0.25) is 0 Å². The van der Waals surface area contributed by atoms with Crippen molar-refractivity contribution >= 4 is 29.5 Å². The quantitative estimate of drug-likeness (QED) is 0.700. The monoisotopic (exact) mass is 314 g/mol. The highest BCUT2D eigenvalue weighted by atomic mass is 32.2. The van der Waals surface area contributed by atoms with Crippen LogP contribution in [0.25, 0.3) is 0 Å². The first-order valence-corrected chi connectivity index (χ1v) is 7.59. The van der Waals surface area contributed by atoms with Crippen molar-refractivity contribution < 1.29 is 14.7 Å². The molecule has 21 heavy (non-hydrogen) atoms. The fraction of sp³-hybridized carbons (Fsp3) is 0.615. The third kappa shape index (κ3) is 4.75. The topological polar surface area (TPSA) is 110 Å². The molecule has 0 fully saturated rings. The molecule has 1 atom stereocenters. The van der Waals surface area contributed by atoms with Crippen LogP contribution in [0, 0.1) is 0 Å². The highest BCUT2D eigenvalue weighted by molar-refractivity contribution is 8.01. The van der Waals surface area contributed by atoms with E-state index in [0.29, 0.717) is 5.82 Å². The molecular formula is C13H22N4O3S. The number of rotatable bonds is 7. The number of thioether (sulfide) groups is 1. The van der Waals surface area contributed by atoms with E-state index in [1.807, 2.05) is 13.8 Å². The SMILES string of the molecule is CC(C)n1nccc1NC(=O)CSC(C)(C)[C@@H](N)C(=O)O. The molecule has 0 saturated carbocycles. The van der Waals surface area contributed by atoms with E-state index in [2.05, 4.69) is 10.4 Å². The first-order chi connectivity index (χ1) is 9.65. The Morgan fingerprint density at radius 1 is 1.52 bits per heavy atom. The maximum absolute atomic E-state index is 12.0. The predicted molar refractivity (Wildman–Crippen MR) is 83.4 cm³/mol. The van der Waals surface area contributed by atoms with Crippen molar-refractivity contribution in [1.82, 2.24) is 9.78 Å². The van der Waals surface area contributed by atoms with Gasteiger partial charge in [-0.05, 0) is 27.7 Å². The number of aromatic nitrogens is 2. The molecule has 0 radical (unpaired) electrons. The van der Waals surface area contributed by atoms with Crippen molar-refractivity contribution in [3.8, 4) is 0 Å². The Morgan fingerprint density at radius 2 is 2.14 bits per heavy atom. The molecule has 0 aliphatic rings. The molecule has 1 heterocycles. The van der Waals surface area contributed by atoms with E-state index in [1.165, 1.54) is 11.8 Å². The maximum atomic E-state index is 12.0. The lowest BCUT2D eigenvalue weighted by Gasteiger charge is -2.27. The van der Waals surface area contributed by atoms with Crippen molar-refractivity contribution in [3.63, 3.8) is 0 Å². The van der Waals surface area contributed by atoms with Gasteiger partial charge in [0.2, 0.25) is 5.91 Å². The van der Waals surface area contributed by atoms with E-state index in [4.69, 9.17) is 10.8 Å². The zero-order valence-corrected chi connectivity index (χ0v) is 13.5. The molecule has 8 heteroatoms. The van der Waals surface area contributed by atoms with E-state index in [1.54, 1.807) is 30.8 Å².